The van der Waals surface area contributed by atoms with Crippen LogP contribution < -0.4 is 0 Å². The smallest absolute Gasteiger partial charge is 0.0193 e. The van der Waals surface area contributed by atoms with Crippen LogP contribution in [0.5, 0.6) is 0 Å². The molecule has 86 valence electrons. The van der Waals surface area contributed by atoms with Gasteiger partial charge in [0.05, 0.1) is 0 Å². The Balaban J connectivity index is 5.00. The van der Waals surface area contributed by atoms with Crippen LogP contribution in [0.4, 0.5) is 0 Å². The van der Waals surface area contributed by atoms with Gasteiger partial charge in [0.25, 0.3) is 0 Å². The summed E-state index contributed by atoms with van der Waals surface area (Å²) in [6, 6.07) is 0. The summed E-state index contributed by atoms with van der Waals surface area (Å²) in [6.45, 7) is 12.0. The first-order valence-corrected chi connectivity index (χ1v) is 5.62. The van der Waals surface area contributed by atoms with E-state index >= 15 is 0 Å². The van der Waals surface area contributed by atoms with E-state index in [1.807, 2.05) is 39.0 Å². The molecule has 0 heteroatoms. The molecule has 0 saturated heterocycles. The zero-order valence-electron chi connectivity index (χ0n) is 10.8. The number of hydrogen-bond acceptors (Lipinski definition) is 0. The SMILES string of the molecule is C=CC(=C\C=C/C)/C(/C=C\C(C)=C/C)=C/C. The van der Waals surface area contributed by atoms with Gasteiger partial charge in [-0.2, -0.15) is 0 Å². The third-order valence-electron chi connectivity index (χ3n) is 2.31. The van der Waals surface area contributed by atoms with E-state index in [1.165, 1.54) is 11.1 Å². The second kappa shape index (κ2) is 8.72. The van der Waals surface area contributed by atoms with Crippen molar-refractivity contribution in [2.24, 2.45) is 0 Å². The summed E-state index contributed by atoms with van der Waals surface area (Å²) in [5, 5.41) is 0. The van der Waals surface area contributed by atoms with Gasteiger partial charge in [0.1, 0.15) is 0 Å². The van der Waals surface area contributed by atoms with E-state index in [0.29, 0.717) is 0 Å². The Kier molecular flexibility index (Phi) is 7.87. The fourth-order valence-electron chi connectivity index (χ4n) is 1.16. The van der Waals surface area contributed by atoms with Gasteiger partial charge in [0.2, 0.25) is 0 Å². The Morgan fingerprint density at radius 2 is 1.62 bits per heavy atom. The van der Waals surface area contributed by atoms with Crippen molar-refractivity contribution in [1.82, 2.24) is 0 Å². The minimum Gasteiger partial charge on any atom is -0.0984 e. The minimum atomic E-state index is 1.14. The lowest BCUT2D eigenvalue weighted by Gasteiger charge is -2.01. The molecule has 0 N–H and O–H groups in total. The van der Waals surface area contributed by atoms with Gasteiger partial charge in [-0.25, -0.2) is 0 Å². The average Bonchev–Trinajstić information content (AvgIpc) is 2.32. The lowest BCUT2D eigenvalue weighted by molar-refractivity contribution is 1.44. The molecule has 0 nitrogen and oxygen atoms in total. The molecular weight excluding hydrogens is 192 g/mol. The van der Waals surface area contributed by atoms with Gasteiger partial charge in [0.15, 0.2) is 0 Å². The highest BCUT2D eigenvalue weighted by atomic mass is 14.0. The lowest BCUT2D eigenvalue weighted by Crippen LogP contribution is -1.82. The molecule has 0 aromatic carbocycles. The van der Waals surface area contributed by atoms with Crippen molar-refractivity contribution in [3.63, 3.8) is 0 Å². The van der Waals surface area contributed by atoms with E-state index in [0.717, 1.165) is 5.57 Å². The van der Waals surface area contributed by atoms with Crippen molar-refractivity contribution in [3.8, 4) is 0 Å². The summed E-state index contributed by atoms with van der Waals surface area (Å²) in [5.41, 5.74) is 3.59. The fraction of sp³-hybridized carbons (Fsp3) is 0.250. The Bertz CT molecular complexity index is 357. The normalized spacial score (nSPS) is 15.1. The van der Waals surface area contributed by atoms with Gasteiger partial charge in [-0.3, -0.25) is 0 Å². The maximum atomic E-state index is 3.84. The molecule has 0 unspecified atom stereocenters. The first-order chi connectivity index (χ1) is 7.69. The number of allylic oxidation sites excluding steroid dienone is 11. The van der Waals surface area contributed by atoms with E-state index in [2.05, 4.69) is 43.9 Å². The molecule has 0 radical (unpaired) electrons. The lowest BCUT2D eigenvalue weighted by atomic mass is 10.0. The zero-order chi connectivity index (χ0) is 12.4. The monoisotopic (exact) mass is 214 g/mol. The predicted molar refractivity (Wildman–Crippen MR) is 75.4 cm³/mol. The van der Waals surface area contributed by atoms with E-state index in [4.69, 9.17) is 0 Å². The van der Waals surface area contributed by atoms with Crippen molar-refractivity contribution < 1.29 is 0 Å². The molecular formula is C16H22. The number of hydrogen-bond donors (Lipinski definition) is 0. The van der Waals surface area contributed by atoms with Crippen molar-refractivity contribution >= 4 is 0 Å². The second-order valence-corrected chi connectivity index (χ2v) is 3.46. The molecule has 0 fully saturated rings. The third-order valence-corrected chi connectivity index (χ3v) is 2.31. The molecule has 0 bridgehead atoms. The average molecular weight is 214 g/mol. The Hall–Kier alpha value is -1.56. The molecule has 0 amide bonds. The Morgan fingerprint density at radius 3 is 2.06 bits per heavy atom. The zero-order valence-corrected chi connectivity index (χ0v) is 10.8. The van der Waals surface area contributed by atoms with Crippen LogP contribution in [0.15, 0.2) is 71.9 Å². The standard InChI is InChI=1S/C16H22/c1-6-10-11-15(8-3)16(9-4)13-12-14(5)7-2/h6-13H,3H2,1-2,4-5H3/b10-6-,13-12-,14-7-,15-11+,16-9+. The van der Waals surface area contributed by atoms with Gasteiger partial charge in [-0.1, -0.05) is 60.8 Å². The van der Waals surface area contributed by atoms with Crippen LogP contribution in [0.1, 0.15) is 27.7 Å². The van der Waals surface area contributed by atoms with E-state index in [-0.39, 0.29) is 0 Å². The highest BCUT2D eigenvalue weighted by Crippen LogP contribution is 2.14. The molecule has 0 aliphatic carbocycles. The highest BCUT2D eigenvalue weighted by molar-refractivity contribution is 5.48. The molecule has 0 aliphatic rings. The van der Waals surface area contributed by atoms with Crippen LogP contribution in [0.2, 0.25) is 0 Å². The van der Waals surface area contributed by atoms with Crippen LogP contribution in [0.25, 0.3) is 0 Å². The van der Waals surface area contributed by atoms with Crippen molar-refractivity contribution in [1.29, 1.82) is 0 Å². The molecule has 0 aromatic heterocycles. The summed E-state index contributed by atoms with van der Waals surface area (Å²) in [7, 11) is 0. The van der Waals surface area contributed by atoms with Gasteiger partial charge >= 0.3 is 0 Å². The van der Waals surface area contributed by atoms with Gasteiger partial charge in [-0.05, 0) is 38.8 Å². The summed E-state index contributed by atoms with van der Waals surface area (Å²) in [4.78, 5) is 0. The molecule has 0 rings (SSSR count). The Labute approximate surface area is 100 Å². The molecule has 0 heterocycles. The molecule has 0 aromatic rings. The van der Waals surface area contributed by atoms with Gasteiger partial charge < -0.3 is 0 Å². The van der Waals surface area contributed by atoms with Gasteiger partial charge in [0, 0.05) is 0 Å². The maximum absolute atomic E-state index is 3.84. The topological polar surface area (TPSA) is 0 Å². The summed E-state index contributed by atoms with van der Waals surface area (Å²) >= 11 is 0. The molecule has 0 spiro atoms. The van der Waals surface area contributed by atoms with E-state index in [1.54, 1.807) is 0 Å². The van der Waals surface area contributed by atoms with Crippen LogP contribution in [0, 0.1) is 0 Å². The van der Waals surface area contributed by atoms with Crippen LogP contribution in [-0.2, 0) is 0 Å². The summed E-state index contributed by atoms with van der Waals surface area (Å²) in [6.07, 6.45) is 16.4. The molecule has 0 saturated carbocycles. The highest BCUT2D eigenvalue weighted by Gasteiger charge is 1.94. The predicted octanol–water partition coefficient (Wildman–Crippen LogP) is 5.14. The van der Waals surface area contributed by atoms with E-state index in [9.17, 15) is 0 Å². The van der Waals surface area contributed by atoms with Crippen LogP contribution in [-0.4, -0.2) is 0 Å². The van der Waals surface area contributed by atoms with Crippen molar-refractivity contribution in [3.05, 3.63) is 71.9 Å². The largest absolute Gasteiger partial charge is 0.0984 e. The Morgan fingerprint density at radius 1 is 0.938 bits per heavy atom. The minimum absolute atomic E-state index is 1.14. The van der Waals surface area contributed by atoms with Gasteiger partial charge in [-0.15, -0.1) is 0 Å². The van der Waals surface area contributed by atoms with E-state index < -0.39 is 0 Å². The molecule has 0 aliphatic heterocycles. The quantitative estimate of drug-likeness (QED) is 0.556. The fourth-order valence-corrected chi connectivity index (χ4v) is 1.16. The third kappa shape index (κ3) is 5.35. The maximum Gasteiger partial charge on any atom is -0.0193 e. The molecule has 0 atom stereocenters. The second-order valence-electron chi connectivity index (χ2n) is 3.46. The first-order valence-electron chi connectivity index (χ1n) is 5.62. The van der Waals surface area contributed by atoms with Crippen molar-refractivity contribution in [2.45, 2.75) is 27.7 Å². The summed E-state index contributed by atoms with van der Waals surface area (Å²) in [5.74, 6) is 0. The van der Waals surface area contributed by atoms with Crippen LogP contribution >= 0.6 is 0 Å². The summed E-state index contributed by atoms with van der Waals surface area (Å²) < 4.78 is 0. The van der Waals surface area contributed by atoms with Crippen LogP contribution in [0.3, 0.4) is 0 Å². The molecule has 16 heavy (non-hydrogen) atoms. The van der Waals surface area contributed by atoms with Crippen molar-refractivity contribution in [2.75, 3.05) is 0 Å². The first kappa shape index (κ1) is 14.4. The number of rotatable bonds is 5.